The first-order valence-electron chi connectivity index (χ1n) is 4.03. The standard InChI is InChI=1S/C8H8N3O4S/c1-14-7(13)3-15-11-5(2-12)6-4-16-8(9)10-6/h4H,3H2,1H3,(H2,9,10). The van der Waals surface area contributed by atoms with E-state index in [2.05, 4.69) is 19.7 Å². The fourth-order valence-corrected chi connectivity index (χ4v) is 1.27. The predicted octanol–water partition coefficient (Wildman–Crippen LogP) is -0.271. The molecule has 85 valence electrons. The molecule has 0 aromatic carbocycles. The summed E-state index contributed by atoms with van der Waals surface area (Å²) in [7, 11) is 1.21. The lowest BCUT2D eigenvalue weighted by atomic mass is 10.3. The summed E-state index contributed by atoms with van der Waals surface area (Å²) in [6.07, 6.45) is 1.53. The number of hydrogen-bond donors (Lipinski definition) is 1. The highest BCUT2D eigenvalue weighted by Crippen LogP contribution is 2.11. The van der Waals surface area contributed by atoms with Crippen LogP contribution in [-0.4, -0.2) is 36.7 Å². The maximum absolute atomic E-state index is 10.7. The lowest BCUT2D eigenvalue weighted by Crippen LogP contribution is -2.10. The first kappa shape index (κ1) is 12.1. The second-order valence-electron chi connectivity index (χ2n) is 2.46. The number of anilines is 1. The molecule has 16 heavy (non-hydrogen) atoms. The number of ether oxygens (including phenoxy) is 1. The number of oxime groups is 1. The number of nitrogens with two attached hydrogens (primary N) is 1. The van der Waals surface area contributed by atoms with E-state index in [1.54, 1.807) is 0 Å². The average Bonchev–Trinajstić information content (AvgIpc) is 2.70. The third-order valence-corrected chi connectivity index (χ3v) is 2.10. The van der Waals surface area contributed by atoms with Crippen molar-refractivity contribution >= 4 is 34.4 Å². The van der Waals surface area contributed by atoms with Gasteiger partial charge in [0, 0.05) is 5.38 Å². The van der Waals surface area contributed by atoms with E-state index in [4.69, 9.17) is 5.73 Å². The van der Waals surface area contributed by atoms with Gasteiger partial charge in [0.25, 0.3) is 6.29 Å². The highest BCUT2D eigenvalue weighted by Gasteiger charge is 2.09. The van der Waals surface area contributed by atoms with Gasteiger partial charge >= 0.3 is 5.97 Å². The van der Waals surface area contributed by atoms with Crippen molar-refractivity contribution < 1.29 is 19.2 Å². The second-order valence-corrected chi connectivity index (χ2v) is 3.35. The maximum atomic E-state index is 10.7. The van der Waals surface area contributed by atoms with E-state index in [0.717, 1.165) is 11.3 Å². The van der Waals surface area contributed by atoms with Crippen molar-refractivity contribution in [1.82, 2.24) is 4.98 Å². The van der Waals surface area contributed by atoms with Gasteiger partial charge in [-0.2, -0.15) is 0 Å². The Morgan fingerprint density at radius 3 is 3.00 bits per heavy atom. The molecule has 8 heteroatoms. The third-order valence-electron chi connectivity index (χ3n) is 1.43. The molecule has 0 saturated heterocycles. The summed E-state index contributed by atoms with van der Waals surface area (Å²) in [6, 6.07) is 0. The summed E-state index contributed by atoms with van der Waals surface area (Å²) in [5, 5.41) is 5.22. The second kappa shape index (κ2) is 5.81. The molecule has 0 aliphatic carbocycles. The summed E-state index contributed by atoms with van der Waals surface area (Å²) >= 11 is 1.15. The molecule has 0 spiro atoms. The van der Waals surface area contributed by atoms with Gasteiger partial charge in [0.2, 0.25) is 6.61 Å². The molecule has 1 aromatic rings. The normalized spacial score (nSPS) is 10.9. The molecule has 0 aliphatic heterocycles. The number of nitrogens with zero attached hydrogens (tertiary/aromatic N) is 2. The van der Waals surface area contributed by atoms with Crippen LogP contribution in [0.5, 0.6) is 0 Å². The molecule has 1 aromatic heterocycles. The highest BCUT2D eigenvalue weighted by atomic mass is 32.1. The molecule has 0 amide bonds. The van der Waals surface area contributed by atoms with Crippen LogP contribution in [0.4, 0.5) is 5.13 Å². The minimum Gasteiger partial charge on any atom is -0.466 e. The maximum Gasteiger partial charge on any atom is 0.346 e. The van der Waals surface area contributed by atoms with Gasteiger partial charge in [-0.3, -0.25) is 4.79 Å². The Kier molecular flexibility index (Phi) is 4.40. The van der Waals surface area contributed by atoms with Crippen molar-refractivity contribution in [3.05, 3.63) is 11.1 Å². The Hall–Kier alpha value is -1.96. The van der Waals surface area contributed by atoms with Crippen LogP contribution in [-0.2, 0) is 19.2 Å². The zero-order valence-corrected chi connectivity index (χ0v) is 9.11. The van der Waals surface area contributed by atoms with Crippen LogP contribution in [0.2, 0.25) is 0 Å². The highest BCUT2D eigenvalue weighted by molar-refractivity contribution is 7.13. The van der Waals surface area contributed by atoms with Crippen molar-refractivity contribution in [1.29, 1.82) is 0 Å². The van der Waals surface area contributed by atoms with Crippen LogP contribution < -0.4 is 5.73 Å². The Labute approximate surface area is 94.9 Å². The van der Waals surface area contributed by atoms with Gasteiger partial charge < -0.3 is 15.3 Å². The van der Waals surface area contributed by atoms with E-state index in [9.17, 15) is 9.59 Å². The molecule has 2 N–H and O–H groups in total. The average molecular weight is 242 g/mol. The zero-order valence-electron chi connectivity index (χ0n) is 8.30. The summed E-state index contributed by atoms with van der Waals surface area (Å²) in [5.74, 6) is -0.605. The molecule has 0 unspecified atom stereocenters. The number of carbonyl (C=O) groups is 1. The molecule has 1 heterocycles. The molecule has 7 nitrogen and oxygen atoms in total. The Balaban J connectivity index is 2.64. The van der Waals surface area contributed by atoms with Crippen molar-refractivity contribution in [3.8, 4) is 0 Å². The Morgan fingerprint density at radius 2 is 2.50 bits per heavy atom. The van der Waals surface area contributed by atoms with Crippen LogP contribution >= 0.6 is 11.3 Å². The lowest BCUT2D eigenvalue weighted by Gasteiger charge is -1.97. The van der Waals surface area contributed by atoms with Crippen molar-refractivity contribution in [2.75, 3.05) is 19.5 Å². The minimum atomic E-state index is -0.605. The fraction of sp³-hybridized carbons (Fsp3) is 0.250. The fourth-order valence-electron chi connectivity index (χ4n) is 0.723. The van der Waals surface area contributed by atoms with E-state index < -0.39 is 5.97 Å². The van der Waals surface area contributed by atoms with Gasteiger partial charge in [-0.15, -0.1) is 11.3 Å². The Morgan fingerprint density at radius 1 is 1.75 bits per heavy atom. The molecule has 1 radical (unpaired) electrons. The monoisotopic (exact) mass is 242 g/mol. The zero-order chi connectivity index (χ0) is 12.0. The largest absolute Gasteiger partial charge is 0.466 e. The number of nitrogen functional groups attached to an aromatic ring is 1. The quantitative estimate of drug-likeness (QED) is 0.433. The van der Waals surface area contributed by atoms with Crippen molar-refractivity contribution in [2.24, 2.45) is 5.16 Å². The molecule has 0 fully saturated rings. The van der Waals surface area contributed by atoms with Gasteiger partial charge in [-0.25, -0.2) is 9.78 Å². The lowest BCUT2D eigenvalue weighted by molar-refractivity contribution is -0.145. The number of thiazole rings is 1. The van der Waals surface area contributed by atoms with Gasteiger partial charge in [0.1, 0.15) is 5.69 Å². The number of esters is 1. The SMILES string of the molecule is COC(=O)CON=C([C]=O)c1csc(N)n1. The smallest absolute Gasteiger partial charge is 0.346 e. The van der Waals surface area contributed by atoms with Crippen molar-refractivity contribution in [2.45, 2.75) is 0 Å². The topological polar surface area (TPSA) is 104 Å². The van der Waals surface area contributed by atoms with Crippen LogP contribution in [0.1, 0.15) is 5.69 Å². The predicted molar refractivity (Wildman–Crippen MR) is 56.7 cm³/mol. The van der Waals surface area contributed by atoms with Gasteiger partial charge in [0.15, 0.2) is 10.8 Å². The van der Waals surface area contributed by atoms with Crippen LogP contribution in [0.25, 0.3) is 0 Å². The first-order chi connectivity index (χ1) is 7.67. The summed E-state index contributed by atoms with van der Waals surface area (Å²) in [6.45, 7) is -0.388. The molecule has 0 atom stereocenters. The van der Waals surface area contributed by atoms with Crippen molar-refractivity contribution in [3.63, 3.8) is 0 Å². The van der Waals surface area contributed by atoms with E-state index in [-0.39, 0.29) is 18.0 Å². The summed E-state index contributed by atoms with van der Waals surface area (Å²) in [5.41, 5.74) is 5.47. The number of aromatic nitrogens is 1. The number of hydrogen-bond acceptors (Lipinski definition) is 8. The van der Waals surface area contributed by atoms with E-state index in [1.807, 2.05) is 0 Å². The molecular formula is C8H8N3O4S. The van der Waals surface area contributed by atoms with Gasteiger partial charge in [-0.1, -0.05) is 5.16 Å². The van der Waals surface area contributed by atoms with Crippen LogP contribution in [0.3, 0.4) is 0 Å². The van der Waals surface area contributed by atoms with E-state index >= 15 is 0 Å². The Bertz CT molecular complexity index is 415. The number of methoxy groups -OCH3 is 1. The van der Waals surface area contributed by atoms with Gasteiger partial charge in [-0.05, 0) is 0 Å². The van der Waals surface area contributed by atoms with Crippen LogP contribution in [0.15, 0.2) is 10.5 Å². The molecule has 0 bridgehead atoms. The van der Waals surface area contributed by atoms with Crippen LogP contribution in [0, 0.1) is 0 Å². The molecule has 0 aliphatic rings. The van der Waals surface area contributed by atoms with E-state index in [0.29, 0.717) is 5.13 Å². The first-order valence-corrected chi connectivity index (χ1v) is 4.91. The summed E-state index contributed by atoms with van der Waals surface area (Å²) in [4.78, 5) is 29.6. The van der Waals surface area contributed by atoms with E-state index in [1.165, 1.54) is 18.8 Å². The minimum absolute atomic E-state index is 0.156. The third kappa shape index (κ3) is 3.31. The van der Waals surface area contributed by atoms with Gasteiger partial charge in [0.05, 0.1) is 7.11 Å². The number of rotatable bonds is 5. The summed E-state index contributed by atoms with van der Waals surface area (Å²) < 4.78 is 4.31. The molecular weight excluding hydrogens is 234 g/mol. The number of carbonyl (C=O) groups excluding carboxylic acids is 2. The molecule has 0 saturated carbocycles. The molecule has 1 rings (SSSR count).